The standard InChI is InChI=1S/C15H17N3O2/c1-18(12-8-4-3-5-9-12)17-15(19)16-13-10-6-7-11-14(13)20-2/h3-11H,1-2H3,(H2,16,17,19). The molecule has 20 heavy (non-hydrogen) atoms. The Morgan fingerprint density at radius 1 is 1.05 bits per heavy atom. The number of para-hydroxylation sites is 3. The van der Waals surface area contributed by atoms with Gasteiger partial charge in [0, 0.05) is 7.05 Å². The first-order valence-corrected chi connectivity index (χ1v) is 6.20. The molecule has 0 aliphatic heterocycles. The van der Waals surface area contributed by atoms with Crippen molar-refractivity contribution in [1.29, 1.82) is 0 Å². The summed E-state index contributed by atoms with van der Waals surface area (Å²) in [6.45, 7) is 0. The average Bonchev–Trinajstić information content (AvgIpc) is 2.48. The minimum atomic E-state index is -0.333. The lowest BCUT2D eigenvalue weighted by atomic mass is 10.3. The SMILES string of the molecule is COc1ccccc1NC(=O)NN(C)c1ccccc1. The summed E-state index contributed by atoms with van der Waals surface area (Å²) in [6.07, 6.45) is 0. The Balaban J connectivity index is 1.99. The lowest BCUT2D eigenvalue weighted by Gasteiger charge is -2.20. The van der Waals surface area contributed by atoms with Crippen LogP contribution in [-0.4, -0.2) is 20.2 Å². The average molecular weight is 271 g/mol. The summed E-state index contributed by atoms with van der Waals surface area (Å²) in [7, 11) is 3.34. The molecule has 0 spiro atoms. The molecule has 0 heterocycles. The normalized spacial score (nSPS) is 9.70. The van der Waals surface area contributed by atoms with Gasteiger partial charge in [0.25, 0.3) is 0 Å². The number of hydrogen-bond donors (Lipinski definition) is 2. The van der Waals surface area contributed by atoms with Crippen molar-refractivity contribution in [2.24, 2.45) is 0 Å². The van der Waals surface area contributed by atoms with Gasteiger partial charge in [-0.05, 0) is 24.3 Å². The van der Waals surface area contributed by atoms with Crippen LogP contribution in [0, 0.1) is 0 Å². The van der Waals surface area contributed by atoms with Crippen LogP contribution < -0.4 is 20.5 Å². The molecule has 0 atom stereocenters. The molecule has 0 bridgehead atoms. The van der Waals surface area contributed by atoms with Crippen molar-refractivity contribution in [1.82, 2.24) is 5.43 Å². The van der Waals surface area contributed by atoms with E-state index in [-0.39, 0.29) is 6.03 Å². The molecule has 2 amide bonds. The number of methoxy groups -OCH3 is 1. The largest absolute Gasteiger partial charge is 0.495 e. The maximum atomic E-state index is 11.9. The minimum absolute atomic E-state index is 0.333. The second-order valence-electron chi connectivity index (χ2n) is 4.16. The van der Waals surface area contributed by atoms with E-state index in [2.05, 4.69) is 10.7 Å². The van der Waals surface area contributed by atoms with Gasteiger partial charge in [0.15, 0.2) is 0 Å². The molecule has 2 aromatic carbocycles. The van der Waals surface area contributed by atoms with Crippen LogP contribution in [0.3, 0.4) is 0 Å². The first kappa shape index (κ1) is 13.7. The molecule has 104 valence electrons. The predicted octanol–water partition coefficient (Wildman–Crippen LogP) is 2.87. The number of anilines is 2. The first-order chi connectivity index (χ1) is 9.70. The topological polar surface area (TPSA) is 53.6 Å². The zero-order chi connectivity index (χ0) is 14.4. The van der Waals surface area contributed by atoms with Crippen molar-refractivity contribution >= 4 is 17.4 Å². The minimum Gasteiger partial charge on any atom is -0.495 e. The summed E-state index contributed by atoms with van der Waals surface area (Å²) < 4.78 is 5.18. The molecule has 0 saturated carbocycles. The molecule has 5 nitrogen and oxygen atoms in total. The molecule has 2 aromatic rings. The van der Waals surface area contributed by atoms with Crippen molar-refractivity contribution in [3.05, 3.63) is 54.6 Å². The lowest BCUT2D eigenvalue weighted by molar-refractivity contribution is 0.251. The van der Waals surface area contributed by atoms with Crippen molar-refractivity contribution in [2.45, 2.75) is 0 Å². The number of urea groups is 1. The van der Waals surface area contributed by atoms with Crippen LogP contribution in [0.1, 0.15) is 0 Å². The Kier molecular flexibility index (Phi) is 4.44. The molecule has 2 rings (SSSR count). The summed E-state index contributed by atoms with van der Waals surface area (Å²) in [4.78, 5) is 11.9. The Hall–Kier alpha value is -2.69. The first-order valence-electron chi connectivity index (χ1n) is 6.20. The molecule has 0 unspecified atom stereocenters. The molecular weight excluding hydrogens is 254 g/mol. The number of nitrogens with one attached hydrogen (secondary N) is 2. The van der Waals surface area contributed by atoms with E-state index in [4.69, 9.17) is 4.74 Å². The van der Waals surface area contributed by atoms with E-state index in [1.54, 1.807) is 31.3 Å². The van der Waals surface area contributed by atoms with Gasteiger partial charge in [0.05, 0.1) is 18.5 Å². The van der Waals surface area contributed by atoms with E-state index >= 15 is 0 Å². The summed E-state index contributed by atoms with van der Waals surface area (Å²) in [5.74, 6) is 0.616. The highest BCUT2D eigenvalue weighted by atomic mass is 16.5. The number of rotatable bonds is 4. The van der Waals surface area contributed by atoms with Crippen LogP contribution in [0.5, 0.6) is 5.75 Å². The number of carbonyl (C=O) groups is 1. The third-order valence-corrected chi connectivity index (χ3v) is 2.77. The number of hydrogen-bond acceptors (Lipinski definition) is 3. The third kappa shape index (κ3) is 3.41. The molecule has 0 radical (unpaired) electrons. The number of ether oxygens (including phenoxy) is 1. The summed E-state index contributed by atoms with van der Waals surface area (Å²) in [5, 5.41) is 4.39. The molecule has 2 N–H and O–H groups in total. The fourth-order valence-electron chi connectivity index (χ4n) is 1.77. The lowest BCUT2D eigenvalue weighted by Crippen LogP contribution is -2.42. The van der Waals surface area contributed by atoms with Crippen molar-refractivity contribution in [3.8, 4) is 5.75 Å². The van der Waals surface area contributed by atoms with Gasteiger partial charge in [0.2, 0.25) is 0 Å². The van der Waals surface area contributed by atoms with Gasteiger partial charge in [-0.1, -0.05) is 30.3 Å². The van der Waals surface area contributed by atoms with E-state index in [0.29, 0.717) is 11.4 Å². The van der Waals surface area contributed by atoms with Gasteiger partial charge < -0.3 is 10.1 Å². The van der Waals surface area contributed by atoms with Crippen LogP contribution in [0.4, 0.5) is 16.2 Å². The second-order valence-corrected chi connectivity index (χ2v) is 4.16. The Morgan fingerprint density at radius 2 is 1.70 bits per heavy atom. The third-order valence-electron chi connectivity index (χ3n) is 2.77. The number of nitrogens with zero attached hydrogens (tertiary/aromatic N) is 1. The zero-order valence-corrected chi connectivity index (χ0v) is 11.5. The quantitative estimate of drug-likeness (QED) is 0.841. The number of carbonyl (C=O) groups excluding carboxylic acids is 1. The van der Waals surface area contributed by atoms with Crippen LogP contribution in [0.2, 0.25) is 0 Å². The van der Waals surface area contributed by atoms with Gasteiger partial charge in [-0.2, -0.15) is 0 Å². The predicted molar refractivity (Wildman–Crippen MR) is 80.0 cm³/mol. The molecule has 0 aromatic heterocycles. The number of benzene rings is 2. The van der Waals surface area contributed by atoms with Crippen LogP contribution in [0.25, 0.3) is 0 Å². The molecule has 0 saturated heterocycles. The van der Waals surface area contributed by atoms with Gasteiger partial charge in [-0.15, -0.1) is 0 Å². The monoisotopic (exact) mass is 271 g/mol. The van der Waals surface area contributed by atoms with Gasteiger partial charge >= 0.3 is 6.03 Å². The van der Waals surface area contributed by atoms with Crippen molar-refractivity contribution < 1.29 is 9.53 Å². The number of amides is 2. The van der Waals surface area contributed by atoms with E-state index in [1.165, 1.54) is 0 Å². The zero-order valence-electron chi connectivity index (χ0n) is 11.5. The smallest absolute Gasteiger partial charge is 0.338 e. The fourth-order valence-corrected chi connectivity index (χ4v) is 1.77. The van der Waals surface area contributed by atoms with E-state index in [0.717, 1.165) is 5.69 Å². The van der Waals surface area contributed by atoms with Crippen LogP contribution in [-0.2, 0) is 0 Å². The highest BCUT2D eigenvalue weighted by molar-refractivity contribution is 5.91. The highest BCUT2D eigenvalue weighted by Crippen LogP contribution is 2.22. The second kappa shape index (κ2) is 6.47. The molecule has 5 heteroatoms. The Morgan fingerprint density at radius 3 is 2.40 bits per heavy atom. The summed E-state index contributed by atoms with van der Waals surface area (Å²) in [6, 6.07) is 16.5. The van der Waals surface area contributed by atoms with E-state index < -0.39 is 0 Å². The van der Waals surface area contributed by atoms with Crippen LogP contribution >= 0.6 is 0 Å². The molecule has 0 aliphatic rings. The Bertz CT molecular complexity index is 572. The van der Waals surface area contributed by atoms with Crippen LogP contribution in [0.15, 0.2) is 54.6 Å². The molecule has 0 fully saturated rings. The van der Waals surface area contributed by atoms with E-state index in [1.807, 2.05) is 42.5 Å². The summed E-state index contributed by atoms with van der Waals surface area (Å²) in [5.41, 5.74) is 4.23. The molecule has 0 aliphatic carbocycles. The van der Waals surface area contributed by atoms with Gasteiger partial charge in [-0.3, -0.25) is 5.01 Å². The van der Waals surface area contributed by atoms with Gasteiger partial charge in [-0.25, -0.2) is 10.2 Å². The van der Waals surface area contributed by atoms with Gasteiger partial charge in [0.1, 0.15) is 5.75 Å². The maximum absolute atomic E-state index is 11.9. The van der Waals surface area contributed by atoms with Crippen molar-refractivity contribution in [3.63, 3.8) is 0 Å². The number of hydrazine groups is 1. The highest BCUT2D eigenvalue weighted by Gasteiger charge is 2.08. The molecular formula is C15H17N3O2. The maximum Gasteiger partial charge on any atom is 0.338 e. The Labute approximate surface area is 118 Å². The van der Waals surface area contributed by atoms with E-state index in [9.17, 15) is 4.79 Å². The van der Waals surface area contributed by atoms with Crippen molar-refractivity contribution in [2.75, 3.05) is 24.5 Å². The summed E-state index contributed by atoms with van der Waals surface area (Å²) >= 11 is 0. The fraction of sp³-hybridized carbons (Fsp3) is 0.133.